The number of H-pyrrole nitrogens is 1. The van der Waals surface area contributed by atoms with Crippen LogP contribution in [0.5, 0.6) is 0 Å². The minimum atomic E-state index is -0.367. The zero-order chi connectivity index (χ0) is 23.1. The Morgan fingerprint density at radius 3 is 2.22 bits per heavy atom. The number of hydrogen-bond donors (Lipinski definition) is 2. The second-order valence-electron chi connectivity index (χ2n) is 10.0. The van der Waals surface area contributed by atoms with Crippen LogP contribution in [0.1, 0.15) is 85.0 Å². The van der Waals surface area contributed by atoms with Gasteiger partial charge in [-0.1, -0.05) is 19.3 Å². The Bertz CT molecular complexity index is 894. The third-order valence-electron chi connectivity index (χ3n) is 6.26. The van der Waals surface area contributed by atoms with Crippen LogP contribution in [-0.4, -0.2) is 44.9 Å². The fourth-order valence-corrected chi connectivity index (χ4v) is 5.50. The number of piperidine rings is 1. The molecule has 3 fully saturated rings. The van der Waals surface area contributed by atoms with Crippen LogP contribution in [0.25, 0.3) is 10.1 Å². The fourth-order valence-electron chi connectivity index (χ4n) is 4.72. The quantitative estimate of drug-likeness (QED) is 0.515. The van der Waals surface area contributed by atoms with E-state index in [1.165, 1.54) is 38.5 Å². The Labute approximate surface area is 195 Å². The summed E-state index contributed by atoms with van der Waals surface area (Å²) in [5.74, 6) is 0. The van der Waals surface area contributed by atoms with Crippen LogP contribution in [0.4, 0.5) is 4.79 Å². The summed E-state index contributed by atoms with van der Waals surface area (Å²) in [5, 5.41) is 11.6. The smallest absolute Gasteiger partial charge is 0.410 e. The second kappa shape index (κ2) is 11.3. The maximum atomic E-state index is 12.0. The molecule has 1 saturated carbocycles. The normalized spacial score (nSPS) is 23.1. The third-order valence-corrected chi connectivity index (χ3v) is 7.14. The molecule has 32 heavy (non-hydrogen) atoms. The van der Waals surface area contributed by atoms with Crippen LogP contribution in [-0.2, 0) is 4.74 Å². The van der Waals surface area contributed by atoms with Crippen molar-refractivity contribution in [2.45, 2.75) is 109 Å². The first kappa shape index (κ1) is 24.8. The molecule has 2 atom stereocenters. The summed E-state index contributed by atoms with van der Waals surface area (Å²) in [6, 6.07) is 4.65. The molecular weight excluding hydrogens is 424 g/mol. The highest BCUT2D eigenvalue weighted by molar-refractivity contribution is 7.17. The molecule has 5 rings (SSSR count). The van der Waals surface area contributed by atoms with E-state index in [0.717, 1.165) is 35.8 Å². The van der Waals surface area contributed by atoms with Crippen LogP contribution in [0, 0.1) is 0 Å². The number of ether oxygens (including phenoxy) is 1. The number of aromatic nitrogens is 1. The van der Waals surface area contributed by atoms with E-state index in [0.29, 0.717) is 12.1 Å². The number of aliphatic hydroxyl groups is 1. The van der Waals surface area contributed by atoms with Gasteiger partial charge < -0.3 is 19.7 Å². The van der Waals surface area contributed by atoms with E-state index < -0.39 is 0 Å². The number of carbonyl (C=O) groups is 1. The van der Waals surface area contributed by atoms with E-state index >= 15 is 0 Å². The molecule has 4 heterocycles. The molecule has 2 unspecified atom stereocenters. The van der Waals surface area contributed by atoms with Crippen molar-refractivity contribution in [2.75, 3.05) is 0 Å². The molecular formula is C25H38N2O4S. The number of aromatic amines is 1. The first-order valence-corrected chi connectivity index (χ1v) is 12.9. The van der Waals surface area contributed by atoms with E-state index in [1.807, 2.05) is 43.2 Å². The standard InChI is InChI=1S/C12H21NO2.C7H5NOS.C6H12O/c1-12(2,3)15-11(14)13-9-5-4-6-10(13)8-7-9;9-7-5-2-4-10-6(5)1-3-8-7;7-6-4-2-1-3-5-6/h9-10H,4-8H2,1-3H3;1-4H,(H,8,9);6-7H,1-5H2. The summed E-state index contributed by atoms with van der Waals surface area (Å²) in [7, 11) is 0. The van der Waals surface area contributed by atoms with E-state index in [4.69, 9.17) is 9.84 Å². The predicted octanol–water partition coefficient (Wildman–Crippen LogP) is 5.84. The summed E-state index contributed by atoms with van der Waals surface area (Å²) in [5.41, 5.74) is -0.368. The van der Waals surface area contributed by atoms with E-state index in [-0.39, 0.29) is 23.4 Å². The maximum absolute atomic E-state index is 12.0. The van der Waals surface area contributed by atoms with Gasteiger partial charge in [0, 0.05) is 23.0 Å². The highest BCUT2D eigenvalue weighted by Gasteiger charge is 2.41. The lowest BCUT2D eigenvalue weighted by Crippen LogP contribution is -2.46. The lowest BCUT2D eigenvalue weighted by Gasteiger charge is -2.35. The van der Waals surface area contributed by atoms with Crippen molar-refractivity contribution in [3.8, 4) is 0 Å². The number of fused-ring (bicyclic) bond motifs is 3. The molecule has 0 spiro atoms. The first-order valence-electron chi connectivity index (χ1n) is 12.0. The SMILES string of the molecule is CC(C)(C)OC(=O)N1C2CCCC1CC2.O=c1[nH]ccc2sccc12.OC1CCCCC1. The molecule has 6 nitrogen and oxygen atoms in total. The Morgan fingerprint density at radius 1 is 1.03 bits per heavy atom. The summed E-state index contributed by atoms with van der Waals surface area (Å²) in [4.78, 5) is 27.6. The third kappa shape index (κ3) is 7.07. The van der Waals surface area contributed by atoms with Crippen LogP contribution < -0.4 is 5.56 Å². The molecule has 2 bridgehead atoms. The number of nitrogens with one attached hydrogen (secondary N) is 1. The number of pyridine rings is 1. The van der Waals surface area contributed by atoms with Gasteiger partial charge in [0.05, 0.1) is 11.5 Å². The molecule has 2 saturated heterocycles. The Hall–Kier alpha value is -1.86. The summed E-state index contributed by atoms with van der Waals surface area (Å²) < 4.78 is 6.49. The Balaban J connectivity index is 0.000000146. The van der Waals surface area contributed by atoms with Gasteiger partial charge in [-0.05, 0) is 83.2 Å². The molecule has 7 heteroatoms. The summed E-state index contributed by atoms with van der Waals surface area (Å²) >= 11 is 1.58. The summed E-state index contributed by atoms with van der Waals surface area (Å²) in [6.07, 6.45) is 13.4. The zero-order valence-electron chi connectivity index (χ0n) is 19.6. The van der Waals surface area contributed by atoms with E-state index in [1.54, 1.807) is 17.5 Å². The molecule has 1 aliphatic carbocycles. The highest BCUT2D eigenvalue weighted by atomic mass is 32.1. The number of carbonyl (C=O) groups excluding carboxylic acids is 1. The summed E-state index contributed by atoms with van der Waals surface area (Å²) in [6.45, 7) is 5.78. The topological polar surface area (TPSA) is 82.6 Å². The Kier molecular flexibility index (Phi) is 8.77. The number of hydrogen-bond acceptors (Lipinski definition) is 5. The molecule has 0 radical (unpaired) electrons. The van der Waals surface area contributed by atoms with Crippen molar-refractivity contribution < 1.29 is 14.6 Å². The van der Waals surface area contributed by atoms with Gasteiger partial charge >= 0.3 is 6.09 Å². The van der Waals surface area contributed by atoms with Crippen molar-refractivity contribution in [1.29, 1.82) is 0 Å². The maximum Gasteiger partial charge on any atom is 0.410 e. The monoisotopic (exact) mass is 462 g/mol. The van der Waals surface area contributed by atoms with Gasteiger partial charge in [0.2, 0.25) is 0 Å². The van der Waals surface area contributed by atoms with E-state index in [9.17, 15) is 9.59 Å². The van der Waals surface area contributed by atoms with Gasteiger partial charge in [0.1, 0.15) is 5.60 Å². The zero-order valence-corrected chi connectivity index (χ0v) is 20.5. The number of rotatable bonds is 0. The second-order valence-corrected chi connectivity index (χ2v) is 10.9. The molecule has 1 amide bonds. The first-order chi connectivity index (χ1) is 15.2. The van der Waals surface area contributed by atoms with Crippen molar-refractivity contribution in [3.63, 3.8) is 0 Å². The van der Waals surface area contributed by atoms with Crippen LogP contribution in [0.3, 0.4) is 0 Å². The minimum Gasteiger partial charge on any atom is -0.444 e. The van der Waals surface area contributed by atoms with Crippen molar-refractivity contribution >= 4 is 27.5 Å². The van der Waals surface area contributed by atoms with Gasteiger partial charge in [-0.15, -0.1) is 11.3 Å². The van der Waals surface area contributed by atoms with Crippen molar-refractivity contribution in [3.05, 3.63) is 34.1 Å². The number of nitrogens with zero attached hydrogens (tertiary/aromatic N) is 1. The molecule has 2 aliphatic heterocycles. The van der Waals surface area contributed by atoms with E-state index in [2.05, 4.69) is 4.98 Å². The molecule has 0 aromatic carbocycles. The van der Waals surface area contributed by atoms with Crippen molar-refractivity contribution in [1.82, 2.24) is 9.88 Å². The fraction of sp³-hybridized carbons (Fsp3) is 0.680. The number of amides is 1. The molecule has 3 aliphatic rings. The number of aliphatic hydroxyl groups excluding tert-OH is 1. The van der Waals surface area contributed by atoms with Crippen LogP contribution in [0.15, 0.2) is 28.5 Å². The van der Waals surface area contributed by atoms with Crippen molar-refractivity contribution in [2.24, 2.45) is 0 Å². The molecule has 2 N–H and O–H groups in total. The molecule has 178 valence electrons. The predicted molar refractivity (Wildman–Crippen MR) is 130 cm³/mol. The highest BCUT2D eigenvalue weighted by Crippen LogP contribution is 2.36. The van der Waals surface area contributed by atoms with Crippen LogP contribution in [0.2, 0.25) is 0 Å². The average Bonchev–Trinajstić information content (AvgIpc) is 3.31. The van der Waals surface area contributed by atoms with Crippen LogP contribution >= 0.6 is 11.3 Å². The Morgan fingerprint density at radius 2 is 1.69 bits per heavy atom. The minimum absolute atomic E-state index is 0.00116. The van der Waals surface area contributed by atoms with Gasteiger partial charge in [0.15, 0.2) is 0 Å². The lowest BCUT2D eigenvalue weighted by molar-refractivity contribution is 0.00783. The largest absolute Gasteiger partial charge is 0.444 e. The average molecular weight is 463 g/mol. The van der Waals surface area contributed by atoms with Gasteiger partial charge in [-0.25, -0.2) is 4.79 Å². The number of thiophene rings is 1. The lowest BCUT2D eigenvalue weighted by atomic mass is 9.98. The van der Waals surface area contributed by atoms with Gasteiger partial charge in [-0.2, -0.15) is 0 Å². The molecule has 2 aromatic rings. The van der Waals surface area contributed by atoms with Gasteiger partial charge in [-0.3, -0.25) is 4.79 Å². The molecule has 2 aromatic heterocycles. The van der Waals surface area contributed by atoms with Gasteiger partial charge in [0.25, 0.3) is 5.56 Å².